The Morgan fingerprint density at radius 2 is 2.00 bits per heavy atom. The van der Waals surface area contributed by atoms with Crippen LogP contribution in [0.2, 0.25) is 0 Å². The van der Waals surface area contributed by atoms with Crippen LogP contribution >= 0.6 is 0 Å². The summed E-state index contributed by atoms with van der Waals surface area (Å²) >= 11 is 0. The van der Waals surface area contributed by atoms with Crippen LogP contribution < -0.4 is 11.1 Å². The molecule has 0 rings (SSSR count). The number of carbonyl (C=O) groups excluding carboxylic acids is 1. The zero-order valence-electron chi connectivity index (χ0n) is 11.3. The summed E-state index contributed by atoms with van der Waals surface area (Å²) < 4.78 is 0. The topological polar surface area (TPSA) is 58.4 Å². The highest BCUT2D eigenvalue weighted by Gasteiger charge is 2.23. The molecule has 3 N–H and O–H groups in total. The van der Waals surface area contributed by atoms with Gasteiger partial charge in [0, 0.05) is 18.6 Å². The summed E-state index contributed by atoms with van der Waals surface area (Å²) in [5.41, 5.74) is 5.56. The molecule has 0 saturated carbocycles. The zero-order valence-corrected chi connectivity index (χ0v) is 11.3. The molecule has 0 aromatic carbocycles. The lowest BCUT2D eigenvalue weighted by Crippen LogP contribution is -2.49. The average Bonchev–Trinajstić information content (AvgIpc) is 2.22. The van der Waals surface area contributed by atoms with E-state index in [1.165, 1.54) is 0 Å². The van der Waals surface area contributed by atoms with Crippen molar-refractivity contribution >= 4 is 5.91 Å². The maximum Gasteiger partial charge on any atom is 0.224 e. The van der Waals surface area contributed by atoms with E-state index in [4.69, 9.17) is 5.73 Å². The summed E-state index contributed by atoms with van der Waals surface area (Å²) in [6, 6.07) is 0. The van der Waals surface area contributed by atoms with Crippen LogP contribution in [0, 0.1) is 5.92 Å². The van der Waals surface area contributed by atoms with Gasteiger partial charge in [0.05, 0.1) is 5.92 Å². The van der Waals surface area contributed by atoms with E-state index >= 15 is 0 Å². The second-order valence-corrected chi connectivity index (χ2v) is 5.15. The monoisotopic (exact) mass is 229 g/mol. The number of rotatable bonds is 7. The van der Waals surface area contributed by atoms with Crippen LogP contribution in [0.1, 0.15) is 33.6 Å². The first kappa shape index (κ1) is 15.4. The predicted octanol–water partition coefficient (Wildman–Crippen LogP) is 0.818. The van der Waals surface area contributed by atoms with E-state index in [9.17, 15) is 4.79 Å². The highest BCUT2D eigenvalue weighted by molar-refractivity contribution is 5.78. The maximum atomic E-state index is 11.8. The summed E-state index contributed by atoms with van der Waals surface area (Å²) in [6.07, 6.45) is 1.86. The van der Waals surface area contributed by atoms with Crippen molar-refractivity contribution in [2.24, 2.45) is 11.7 Å². The third-order valence-corrected chi connectivity index (χ3v) is 3.20. The van der Waals surface area contributed by atoms with Crippen molar-refractivity contribution in [3.05, 3.63) is 0 Å². The summed E-state index contributed by atoms with van der Waals surface area (Å²) in [6.45, 7) is 7.36. The van der Waals surface area contributed by atoms with Crippen molar-refractivity contribution in [2.75, 3.05) is 27.2 Å². The number of nitrogens with two attached hydrogens (primary N) is 1. The standard InChI is InChI=1S/C12H27N3O/c1-6-7-10(8-13)11(16)14-9-12(2,3)15(4)5/h10H,6-9,13H2,1-5H3,(H,14,16). The van der Waals surface area contributed by atoms with Crippen LogP contribution in [0.25, 0.3) is 0 Å². The molecule has 16 heavy (non-hydrogen) atoms. The van der Waals surface area contributed by atoms with Crippen LogP contribution in [0.3, 0.4) is 0 Å². The maximum absolute atomic E-state index is 11.8. The van der Waals surface area contributed by atoms with Gasteiger partial charge in [0.2, 0.25) is 5.91 Å². The molecule has 1 amide bonds. The largest absolute Gasteiger partial charge is 0.354 e. The Kier molecular flexibility index (Phi) is 6.60. The molecule has 0 aromatic rings. The van der Waals surface area contributed by atoms with Gasteiger partial charge in [-0.3, -0.25) is 4.79 Å². The van der Waals surface area contributed by atoms with E-state index in [0.29, 0.717) is 13.1 Å². The Bertz CT molecular complexity index is 214. The molecule has 0 aromatic heterocycles. The third kappa shape index (κ3) is 4.94. The smallest absolute Gasteiger partial charge is 0.224 e. The van der Waals surface area contributed by atoms with Gasteiger partial charge in [0.15, 0.2) is 0 Å². The first-order valence-corrected chi connectivity index (χ1v) is 6.00. The summed E-state index contributed by atoms with van der Waals surface area (Å²) in [5, 5.41) is 2.98. The predicted molar refractivity (Wildman–Crippen MR) is 68.2 cm³/mol. The number of nitrogens with one attached hydrogen (secondary N) is 1. The third-order valence-electron chi connectivity index (χ3n) is 3.20. The van der Waals surface area contributed by atoms with Gasteiger partial charge < -0.3 is 16.0 Å². The second kappa shape index (κ2) is 6.86. The fourth-order valence-electron chi connectivity index (χ4n) is 1.31. The molecule has 0 spiro atoms. The van der Waals surface area contributed by atoms with Crippen molar-refractivity contribution < 1.29 is 4.79 Å². The highest BCUT2D eigenvalue weighted by Crippen LogP contribution is 2.09. The molecule has 0 bridgehead atoms. The number of nitrogens with zero attached hydrogens (tertiary/aromatic N) is 1. The summed E-state index contributed by atoms with van der Waals surface area (Å²) in [4.78, 5) is 13.9. The van der Waals surface area contributed by atoms with E-state index in [2.05, 4.69) is 31.0 Å². The van der Waals surface area contributed by atoms with Crippen molar-refractivity contribution in [2.45, 2.75) is 39.2 Å². The summed E-state index contributed by atoms with van der Waals surface area (Å²) in [5.74, 6) is 0.0437. The molecule has 0 heterocycles. The van der Waals surface area contributed by atoms with E-state index < -0.39 is 0 Å². The van der Waals surface area contributed by atoms with Gasteiger partial charge in [-0.05, 0) is 34.4 Å². The molecule has 0 aliphatic heterocycles. The number of likely N-dealkylation sites (N-methyl/N-ethyl adjacent to an activating group) is 1. The van der Waals surface area contributed by atoms with Crippen molar-refractivity contribution in [3.63, 3.8) is 0 Å². The van der Waals surface area contributed by atoms with E-state index in [-0.39, 0.29) is 17.4 Å². The van der Waals surface area contributed by atoms with Crippen LogP contribution in [0.4, 0.5) is 0 Å². The van der Waals surface area contributed by atoms with E-state index in [1.807, 2.05) is 14.1 Å². The van der Waals surface area contributed by atoms with E-state index in [0.717, 1.165) is 12.8 Å². The van der Waals surface area contributed by atoms with Gasteiger partial charge >= 0.3 is 0 Å². The molecule has 0 radical (unpaired) electrons. The number of carbonyl (C=O) groups is 1. The Morgan fingerprint density at radius 3 is 2.38 bits per heavy atom. The van der Waals surface area contributed by atoms with Gasteiger partial charge in [0.1, 0.15) is 0 Å². The van der Waals surface area contributed by atoms with Crippen LogP contribution in [0.5, 0.6) is 0 Å². The van der Waals surface area contributed by atoms with Crippen molar-refractivity contribution in [3.8, 4) is 0 Å². The van der Waals surface area contributed by atoms with Crippen LogP contribution in [0.15, 0.2) is 0 Å². The lowest BCUT2D eigenvalue weighted by Gasteiger charge is -2.33. The molecule has 0 saturated heterocycles. The Hall–Kier alpha value is -0.610. The number of amides is 1. The molecule has 1 atom stereocenters. The first-order valence-electron chi connectivity index (χ1n) is 6.00. The molecule has 96 valence electrons. The molecule has 4 nitrogen and oxygen atoms in total. The lowest BCUT2D eigenvalue weighted by molar-refractivity contribution is -0.125. The van der Waals surface area contributed by atoms with Crippen molar-refractivity contribution in [1.82, 2.24) is 10.2 Å². The number of hydrogen-bond donors (Lipinski definition) is 2. The summed E-state index contributed by atoms with van der Waals surface area (Å²) in [7, 11) is 4.03. The minimum atomic E-state index is -0.0389. The first-order chi connectivity index (χ1) is 7.35. The normalized spacial score (nSPS) is 13.9. The average molecular weight is 229 g/mol. The molecule has 0 aliphatic rings. The van der Waals surface area contributed by atoms with Crippen LogP contribution in [-0.2, 0) is 4.79 Å². The SMILES string of the molecule is CCCC(CN)C(=O)NCC(C)(C)N(C)C. The molecular formula is C12H27N3O. The van der Waals surface area contributed by atoms with Gasteiger partial charge in [-0.15, -0.1) is 0 Å². The van der Waals surface area contributed by atoms with Crippen LogP contribution in [-0.4, -0.2) is 43.5 Å². The van der Waals surface area contributed by atoms with Gasteiger partial charge in [-0.25, -0.2) is 0 Å². The molecule has 4 heteroatoms. The van der Waals surface area contributed by atoms with Gasteiger partial charge in [-0.2, -0.15) is 0 Å². The minimum absolute atomic E-state index is 0.0268. The Balaban J connectivity index is 4.14. The Morgan fingerprint density at radius 1 is 1.44 bits per heavy atom. The highest BCUT2D eigenvalue weighted by atomic mass is 16.1. The van der Waals surface area contributed by atoms with Crippen molar-refractivity contribution in [1.29, 1.82) is 0 Å². The molecule has 0 fully saturated rings. The van der Waals surface area contributed by atoms with Gasteiger partial charge in [-0.1, -0.05) is 13.3 Å². The minimum Gasteiger partial charge on any atom is -0.354 e. The second-order valence-electron chi connectivity index (χ2n) is 5.15. The van der Waals surface area contributed by atoms with E-state index in [1.54, 1.807) is 0 Å². The fraction of sp³-hybridized carbons (Fsp3) is 0.917. The molecule has 1 unspecified atom stereocenters. The molecular weight excluding hydrogens is 202 g/mol. The number of hydrogen-bond acceptors (Lipinski definition) is 3. The fourth-order valence-corrected chi connectivity index (χ4v) is 1.31. The van der Waals surface area contributed by atoms with Gasteiger partial charge in [0.25, 0.3) is 0 Å². The molecule has 0 aliphatic carbocycles. The quantitative estimate of drug-likeness (QED) is 0.679. The lowest BCUT2D eigenvalue weighted by atomic mass is 10.0. The zero-order chi connectivity index (χ0) is 12.8. The Labute approximate surface area is 99.6 Å².